The van der Waals surface area contributed by atoms with E-state index in [-0.39, 0.29) is 5.91 Å². The van der Waals surface area contributed by atoms with Crippen molar-refractivity contribution >= 4 is 5.91 Å². The van der Waals surface area contributed by atoms with E-state index in [4.69, 9.17) is 0 Å². The van der Waals surface area contributed by atoms with E-state index in [1.165, 1.54) is 38.8 Å². The minimum absolute atomic E-state index is 0.271. The van der Waals surface area contributed by atoms with E-state index in [2.05, 4.69) is 17.1 Å². The fourth-order valence-corrected chi connectivity index (χ4v) is 2.94. The minimum Gasteiger partial charge on any atom is -0.352 e. The molecule has 2 bridgehead atoms. The molecule has 3 rings (SSSR count). The fraction of sp³-hybridized carbons (Fsp3) is 0.923. The Morgan fingerprint density at radius 3 is 2.62 bits per heavy atom. The SMILES string of the molecule is CCCCCC(=O)NC1CN2CCC1CC2. The molecular weight excluding hydrogens is 200 g/mol. The number of nitrogens with zero attached hydrogens (tertiary/aromatic N) is 1. The number of hydrogen-bond donors (Lipinski definition) is 1. The first kappa shape index (κ1) is 11.9. The van der Waals surface area contributed by atoms with Crippen molar-refractivity contribution in [2.24, 2.45) is 5.92 Å². The van der Waals surface area contributed by atoms with Crippen LogP contribution in [-0.2, 0) is 4.79 Å². The van der Waals surface area contributed by atoms with Gasteiger partial charge in [0.05, 0.1) is 0 Å². The Kier molecular flexibility index (Phi) is 4.22. The normalized spacial score (nSPS) is 32.7. The van der Waals surface area contributed by atoms with Gasteiger partial charge in [-0.05, 0) is 38.3 Å². The summed E-state index contributed by atoms with van der Waals surface area (Å²) in [5, 5.41) is 3.23. The number of fused-ring (bicyclic) bond motifs is 3. The molecule has 3 heteroatoms. The summed E-state index contributed by atoms with van der Waals surface area (Å²) in [6.45, 7) is 5.75. The summed E-state index contributed by atoms with van der Waals surface area (Å²) in [5.41, 5.74) is 0. The summed E-state index contributed by atoms with van der Waals surface area (Å²) < 4.78 is 0. The molecule has 0 aromatic rings. The minimum atomic E-state index is 0.271. The third-order valence-corrected chi connectivity index (χ3v) is 4.01. The first-order chi connectivity index (χ1) is 7.79. The van der Waals surface area contributed by atoms with Crippen molar-refractivity contribution in [3.63, 3.8) is 0 Å². The van der Waals surface area contributed by atoms with Crippen LogP contribution in [0.15, 0.2) is 0 Å². The van der Waals surface area contributed by atoms with Gasteiger partial charge in [0, 0.05) is 19.0 Å². The highest BCUT2D eigenvalue weighted by Crippen LogP contribution is 2.27. The molecular formula is C13H24N2O. The first-order valence-electron chi connectivity index (χ1n) is 6.81. The van der Waals surface area contributed by atoms with Crippen molar-refractivity contribution in [3.8, 4) is 0 Å². The van der Waals surface area contributed by atoms with Crippen molar-refractivity contribution in [1.29, 1.82) is 0 Å². The zero-order chi connectivity index (χ0) is 11.4. The lowest BCUT2D eigenvalue weighted by Gasteiger charge is -2.44. The van der Waals surface area contributed by atoms with Gasteiger partial charge in [-0.25, -0.2) is 0 Å². The maximum absolute atomic E-state index is 11.7. The van der Waals surface area contributed by atoms with E-state index in [0.717, 1.165) is 25.3 Å². The summed E-state index contributed by atoms with van der Waals surface area (Å²) in [7, 11) is 0. The van der Waals surface area contributed by atoms with Gasteiger partial charge in [-0.2, -0.15) is 0 Å². The molecule has 0 aromatic heterocycles. The summed E-state index contributed by atoms with van der Waals surface area (Å²) in [6, 6.07) is 0.441. The van der Waals surface area contributed by atoms with Crippen LogP contribution in [0.1, 0.15) is 45.4 Å². The molecule has 16 heavy (non-hydrogen) atoms. The number of carbonyl (C=O) groups is 1. The van der Waals surface area contributed by atoms with Gasteiger partial charge in [-0.3, -0.25) is 4.79 Å². The van der Waals surface area contributed by atoms with Crippen LogP contribution in [-0.4, -0.2) is 36.5 Å². The smallest absolute Gasteiger partial charge is 0.220 e. The lowest BCUT2D eigenvalue weighted by Crippen LogP contribution is -2.57. The molecule has 0 radical (unpaired) electrons. The number of piperidine rings is 3. The lowest BCUT2D eigenvalue weighted by molar-refractivity contribution is -0.123. The van der Waals surface area contributed by atoms with E-state index in [9.17, 15) is 4.79 Å². The van der Waals surface area contributed by atoms with Crippen molar-refractivity contribution in [3.05, 3.63) is 0 Å². The van der Waals surface area contributed by atoms with Crippen molar-refractivity contribution in [2.75, 3.05) is 19.6 Å². The van der Waals surface area contributed by atoms with Gasteiger partial charge in [0.2, 0.25) is 5.91 Å². The van der Waals surface area contributed by atoms with Crippen LogP contribution >= 0.6 is 0 Å². The molecule has 0 aromatic carbocycles. The summed E-state index contributed by atoms with van der Waals surface area (Å²) in [4.78, 5) is 14.2. The molecule has 3 aliphatic heterocycles. The highest BCUT2D eigenvalue weighted by molar-refractivity contribution is 5.76. The molecule has 0 aliphatic carbocycles. The largest absolute Gasteiger partial charge is 0.352 e. The van der Waals surface area contributed by atoms with Crippen LogP contribution in [0.4, 0.5) is 0 Å². The van der Waals surface area contributed by atoms with Gasteiger partial charge in [0.15, 0.2) is 0 Å². The quantitative estimate of drug-likeness (QED) is 0.722. The lowest BCUT2D eigenvalue weighted by atomic mass is 9.84. The second-order valence-corrected chi connectivity index (χ2v) is 5.27. The van der Waals surface area contributed by atoms with E-state index in [1.54, 1.807) is 0 Å². The number of hydrogen-bond acceptors (Lipinski definition) is 2. The van der Waals surface area contributed by atoms with Crippen LogP contribution < -0.4 is 5.32 Å². The molecule has 0 spiro atoms. The Bertz CT molecular complexity index is 234. The average Bonchev–Trinajstić information content (AvgIpc) is 2.31. The number of carbonyl (C=O) groups excluding carboxylic acids is 1. The summed E-state index contributed by atoms with van der Waals surface area (Å²) in [5.74, 6) is 1.02. The number of rotatable bonds is 5. The van der Waals surface area contributed by atoms with E-state index < -0.39 is 0 Å². The number of nitrogens with one attached hydrogen (secondary N) is 1. The predicted octanol–water partition coefficient (Wildman–Crippen LogP) is 1.78. The standard InChI is InChI=1S/C13H24N2O/c1-2-3-4-5-13(16)14-12-10-15-8-6-11(12)7-9-15/h11-12H,2-10H2,1H3,(H,14,16). The Labute approximate surface area is 98.6 Å². The van der Waals surface area contributed by atoms with Gasteiger partial charge in [0.1, 0.15) is 0 Å². The van der Waals surface area contributed by atoms with Crippen LogP contribution in [0.5, 0.6) is 0 Å². The monoisotopic (exact) mass is 224 g/mol. The molecule has 3 heterocycles. The van der Waals surface area contributed by atoms with Gasteiger partial charge in [0.25, 0.3) is 0 Å². The van der Waals surface area contributed by atoms with E-state index >= 15 is 0 Å². The Balaban J connectivity index is 1.70. The number of unbranched alkanes of at least 4 members (excludes halogenated alkanes) is 2. The fourth-order valence-electron chi connectivity index (χ4n) is 2.94. The second kappa shape index (κ2) is 5.67. The molecule has 0 saturated carbocycles. The van der Waals surface area contributed by atoms with Crippen molar-refractivity contribution in [1.82, 2.24) is 10.2 Å². The number of amides is 1. The molecule has 1 N–H and O–H groups in total. The van der Waals surface area contributed by atoms with Gasteiger partial charge >= 0.3 is 0 Å². The van der Waals surface area contributed by atoms with Crippen LogP contribution in [0, 0.1) is 5.92 Å². The molecule has 3 saturated heterocycles. The molecule has 92 valence electrons. The maximum atomic E-state index is 11.7. The molecule has 3 fully saturated rings. The van der Waals surface area contributed by atoms with E-state index in [0.29, 0.717) is 6.04 Å². The molecule has 1 unspecified atom stereocenters. The van der Waals surface area contributed by atoms with Crippen LogP contribution in [0.2, 0.25) is 0 Å². The molecule has 1 atom stereocenters. The van der Waals surface area contributed by atoms with Crippen molar-refractivity contribution in [2.45, 2.75) is 51.5 Å². The van der Waals surface area contributed by atoms with E-state index in [1.807, 2.05) is 0 Å². The zero-order valence-corrected chi connectivity index (χ0v) is 10.4. The highest BCUT2D eigenvalue weighted by atomic mass is 16.1. The van der Waals surface area contributed by atoms with Gasteiger partial charge < -0.3 is 10.2 Å². The average molecular weight is 224 g/mol. The van der Waals surface area contributed by atoms with Gasteiger partial charge in [-0.1, -0.05) is 19.8 Å². The molecule has 1 amide bonds. The van der Waals surface area contributed by atoms with Crippen LogP contribution in [0.3, 0.4) is 0 Å². The topological polar surface area (TPSA) is 32.3 Å². The van der Waals surface area contributed by atoms with Crippen LogP contribution in [0.25, 0.3) is 0 Å². The Hall–Kier alpha value is -0.570. The van der Waals surface area contributed by atoms with Gasteiger partial charge in [-0.15, -0.1) is 0 Å². The molecule has 3 aliphatic rings. The third-order valence-electron chi connectivity index (χ3n) is 4.01. The second-order valence-electron chi connectivity index (χ2n) is 5.27. The highest BCUT2D eigenvalue weighted by Gasteiger charge is 2.34. The zero-order valence-electron chi connectivity index (χ0n) is 10.4. The molecule has 3 nitrogen and oxygen atoms in total. The maximum Gasteiger partial charge on any atom is 0.220 e. The Morgan fingerprint density at radius 1 is 1.31 bits per heavy atom. The Morgan fingerprint density at radius 2 is 2.06 bits per heavy atom. The third kappa shape index (κ3) is 2.97. The first-order valence-corrected chi connectivity index (χ1v) is 6.81. The summed E-state index contributed by atoms with van der Waals surface area (Å²) >= 11 is 0. The van der Waals surface area contributed by atoms with Crippen molar-refractivity contribution < 1.29 is 4.79 Å². The predicted molar refractivity (Wildman–Crippen MR) is 65.2 cm³/mol. The summed E-state index contributed by atoms with van der Waals surface area (Å²) in [6.07, 6.45) is 6.68.